The molecular weight excluding hydrogens is 274 g/mol. The summed E-state index contributed by atoms with van der Waals surface area (Å²) in [5.41, 5.74) is 2.39. The molecule has 0 aromatic heterocycles. The van der Waals surface area contributed by atoms with Gasteiger partial charge in [0, 0.05) is 18.7 Å². The lowest BCUT2D eigenvalue weighted by atomic mass is 9.94. The van der Waals surface area contributed by atoms with Crippen LogP contribution in [0.3, 0.4) is 0 Å². The largest absolute Gasteiger partial charge is 0.370 e. The first-order chi connectivity index (χ1) is 10.6. The average molecular weight is 293 g/mol. The molecule has 0 bridgehead atoms. The van der Waals surface area contributed by atoms with Gasteiger partial charge in [0.1, 0.15) is 5.60 Å². The maximum atomic E-state index is 12.6. The number of nitrogens with zero attached hydrogens (tertiary/aromatic N) is 1. The lowest BCUT2D eigenvalue weighted by Gasteiger charge is -2.29. The molecule has 0 saturated carbocycles. The Balaban J connectivity index is 2.08. The van der Waals surface area contributed by atoms with E-state index in [0.29, 0.717) is 6.54 Å². The van der Waals surface area contributed by atoms with Gasteiger partial charge in [0.25, 0.3) is 5.91 Å². The highest BCUT2D eigenvalue weighted by Gasteiger charge is 2.32. The lowest BCUT2D eigenvalue weighted by Crippen LogP contribution is -2.29. The molecule has 2 aromatic rings. The predicted octanol–water partition coefficient (Wildman–Crippen LogP) is 3.65. The molecule has 1 unspecified atom stereocenters. The highest BCUT2D eigenvalue weighted by molar-refractivity contribution is 6.03. The van der Waals surface area contributed by atoms with Crippen LogP contribution in [0.1, 0.15) is 18.1 Å². The van der Waals surface area contributed by atoms with Crippen molar-refractivity contribution in [3.05, 3.63) is 77.9 Å². The highest BCUT2D eigenvalue weighted by atomic mass is 16.5. The van der Waals surface area contributed by atoms with E-state index in [1.807, 2.05) is 67.6 Å². The van der Waals surface area contributed by atoms with Crippen molar-refractivity contribution < 1.29 is 9.53 Å². The van der Waals surface area contributed by atoms with Crippen molar-refractivity contribution in [3.63, 3.8) is 0 Å². The van der Waals surface area contributed by atoms with Crippen LogP contribution in [0, 0.1) is 0 Å². The molecule has 112 valence electrons. The third kappa shape index (κ3) is 2.55. The fraction of sp³-hybridized carbons (Fsp3) is 0.211. The van der Waals surface area contributed by atoms with Gasteiger partial charge in [0.05, 0.1) is 12.2 Å². The van der Waals surface area contributed by atoms with E-state index in [-0.39, 0.29) is 5.91 Å². The van der Waals surface area contributed by atoms with Crippen molar-refractivity contribution in [3.8, 4) is 0 Å². The second kappa shape index (κ2) is 5.78. The van der Waals surface area contributed by atoms with Crippen LogP contribution < -0.4 is 4.90 Å². The molecule has 22 heavy (non-hydrogen) atoms. The molecule has 1 heterocycles. The second-order valence-corrected chi connectivity index (χ2v) is 5.57. The van der Waals surface area contributed by atoms with Crippen LogP contribution in [0.25, 0.3) is 0 Å². The van der Waals surface area contributed by atoms with Crippen molar-refractivity contribution in [2.24, 2.45) is 0 Å². The third-order valence-corrected chi connectivity index (χ3v) is 4.15. The summed E-state index contributed by atoms with van der Waals surface area (Å²) in [5.74, 6) is -0.0305. The zero-order valence-electron chi connectivity index (χ0n) is 12.8. The van der Waals surface area contributed by atoms with Crippen LogP contribution in [0.5, 0.6) is 0 Å². The molecule has 0 N–H and O–H groups in total. The van der Waals surface area contributed by atoms with Gasteiger partial charge in [-0.25, -0.2) is 0 Å². The molecule has 1 amide bonds. The van der Waals surface area contributed by atoms with Gasteiger partial charge in [-0.05, 0) is 24.6 Å². The van der Waals surface area contributed by atoms with Crippen molar-refractivity contribution in [2.75, 3.05) is 12.0 Å². The molecule has 1 aliphatic rings. The smallest absolute Gasteiger partial charge is 0.251 e. The van der Waals surface area contributed by atoms with Gasteiger partial charge in [-0.3, -0.25) is 4.79 Å². The summed E-state index contributed by atoms with van der Waals surface area (Å²) in [7, 11) is 1.67. The molecule has 0 radical (unpaired) electrons. The minimum absolute atomic E-state index is 0.0305. The molecule has 0 fully saturated rings. The minimum atomic E-state index is -0.600. The van der Waals surface area contributed by atoms with Crippen LogP contribution >= 0.6 is 0 Å². The summed E-state index contributed by atoms with van der Waals surface area (Å²) in [6, 6.07) is 17.9. The summed E-state index contributed by atoms with van der Waals surface area (Å²) >= 11 is 0. The Bertz CT molecular complexity index is 708. The Labute approximate surface area is 130 Å². The summed E-state index contributed by atoms with van der Waals surface area (Å²) in [6.07, 6.45) is 3.44. The van der Waals surface area contributed by atoms with Crippen LogP contribution in [0.2, 0.25) is 0 Å². The first-order valence-corrected chi connectivity index (χ1v) is 7.33. The number of ether oxygens (including phenoxy) is 1. The van der Waals surface area contributed by atoms with Crippen LogP contribution in [0.4, 0.5) is 5.69 Å². The summed E-state index contributed by atoms with van der Waals surface area (Å²) in [6.45, 7) is 2.52. The molecule has 2 aromatic carbocycles. The van der Waals surface area contributed by atoms with E-state index in [2.05, 4.69) is 0 Å². The molecule has 1 aliphatic heterocycles. The van der Waals surface area contributed by atoms with E-state index in [9.17, 15) is 4.79 Å². The zero-order valence-corrected chi connectivity index (χ0v) is 12.8. The third-order valence-electron chi connectivity index (χ3n) is 4.15. The molecule has 3 nitrogen and oxygen atoms in total. The van der Waals surface area contributed by atoms with Crippen molar-refractivity contribution in [1.29, 1.82) is 0 Å². The quantitative estimate of drug-likeness (QED) is 0.864. The van der Waals surface area contributed by atoms with Crippen LogP contribution in [-0.2, 0) is 21.7 Å². The monoisotopic (exact) mass is 293 g/mol. The number of methoxy groups -OCH3 is 1. The fourth-order valence-corrected chi connectivity index (χ4v) is 2.76. The fourth-order valence-electron chi connectivity index (χ4n) is 2.76. The molecule has 1 atom stereocenters. The van der Waals surface area contributed by atoms with Crippen LogP contribution in [-0.4, -0.2) is 13.0 Å². The number of benzene rings is 2. The molecule has 0 spiro atoms. The number of para-hydroxylation sites is 1. The maximum absolute atomic E-state index is 12.6. The van der Waals surface area contributed by atoms with E-state index >= 15 is 0 Å². The highest BCUT2D eigenvalue weighted by Crippen LogP contribution is 2.37. The van der Waals surface area contributed by atoms with E-state index in [4.69, 9.17) is 4.74 Å². The lowest BCUT2D eigenvalue weighted by molar-refractivity contribution is -0.114. The molecule has 0 saturated heterocycles. The van der Waals surface area contributed by atoms with Gasteiger partial charge >= 0.3 is 0 Å². The van der Waals surface area contributed by atoms with Gasteiger partial charge < -0.3 is 9.64 Å². The average Bonchev–Trinajstić information content (AvgIpc) is 2.67. The van der Waals surface area contributed by atoms with E-state index < -0.39 is 5.60 Å². The Morgan fingerprint density at radius 1 is 1.05 bits per heavy atom. The molecule has 3 heteroatoms. The number of anilines is 1. The summed E-state index contributed by atoms with van der Waals surface area (Å²) in [5, 5.41) is 0. The predicted molar refractivity (Wildman–Crippen MR) is 87.6 cm³/mol. The first kappa shape index (κ1) is 14.5. The van der Waals surface area contributed by atoms with Crippen molar-refractivity contribution in [2.45, 2.75) is 19.1 Å². The van der Waals surface area contributed by atoms with E-state index in [0.717, 1.165) is 16.8 Å². The van der Waals surface area contributed by atoms with Crippen LogP contribution in [0.15, 0.2) is 66.7 Å². The standard InChI is InChI=1S/C19H19NO2/c1-19(22-2)13-12-18(21)20(14-15-8-4-3-5-9-15)17-11-7-6-10-16(17)19/h3-13H,14H2,1-2H3. The summed E-state index contributed by atoms with van der Waals surface area (Å²) in [4.78, 5) is 14.4. The second-order valence-electron chi connectivity index (χ2n) is 5.57. The van der Waals surface area contributed by atoms with E-state index in [1.54, 1.807) is 18.1 Å². The van der Waals surface area contributed by atoms with Crippen molar-refractivity contribution >= 4 is 11.6 Å². The Morgan fingerprint density at radius 2 is 1.73 bits per heavy atom. The number of hydrogen-bond donors (Lipinski definition) is 0. The normalized spacial score (nSPS) is 20.6. The maximum Gasteiger partial charge on any atom is 0.251 e. The number of rotatable bonds is 3. The SMILES string of the molecule is COC1(C)C=CC(=O)N(Cc2ccccc2)c2ccccc21. The number of hydrogen-bond acceptors (Lipinski definition) is 2. The molecular formula is C19H19NO2. The Kier molecular flexibility index (Phi) is 3.82. The van der Waals surface area contributed by atoms with E-state index in [1.165, 1.54) is 0 Å². The number of amides is 1. The van der Waals surface area contributed by atoms with Gasteiger partial charge in [0.2, 0.25) is 0 Å². The van der Waals surface area contributed by atoms with Crippen molar-refractivity contribution in [1.82, 2.24) is 0 Å². The summed E-state index contributed by atoms with van der Waals surface area (Å²) < 4.78 is 5.67. The number of carbonyl (C=O) groups is 1. The Morgan fingerprint density at radius 3 is 2.45 bits per heavy atom. The molecule has 0 aliphatic carbocycles. The zero-order chi connectivity index (χ0) is 15.6. The first-order valence-electron chi connectivity index (χ1n) is 7.33. The topological polar surface area (TPSA) is 29.5 Å². The number of fused-ring (bicyclic) bond motifs is 1. The number of carbonyl (C=O) groups excluding carboxylic acids is 1. The molecule has 3 rings (SSSR count). The Hall–Kier alpha value is -2.39. The van der Waals surface area contributed by atoms with Gasteiger partial charge in [-0.1, -0.05) is 48.5 Å². The van der Waals surface area contributed by atoms with Gasteiger partial charge in [0.15, 0.2) is 0 Å². The van der Waals surface area contributed by atoms with Gasteiger partial charge in [-0.15, -0.1) is 0 Å². The van der Waals surface area contributed by atoms with Gasteiger partial charge in [-0.2, -0.15) is 0 Å². The minimum Gasteiger partial charge on any atom is -0.370 e.